The van der Waals surface area contributed by atoms with Crippen molar-refractivity contribution in [1.29, 1.82) is 0 Å². The first-order valence-corrected chi connectivity index (χ1v) is 6.68. The van der Waals surface area contributed by atoms with Gasteiger partial charge in [0.1, 0.15) is 0 Å². The number of nitro benzene ring substituents is 1. The van der Waals surface area contributed by atoms with Crippen LogP contribution in [0.5, 0.6) is 0 Å². The summed E-state index contributed by atoms with van der Waals surface area (Å²) in [5.41, 5.74) is 0.906. The molecule has 1 aromatic carbocycles. The van der Waals surface area contributed by atoms with Gasteiger partial charge in [-0.25, -0.2) is 0 Å². The molecule has 1 atom stereocenters. The van der Waals surface area contributed by atoms with Crippen LogP contribution in [0.2, 0.25) is 0 Å². The molecule has 1 saturated heterocycles. The quantitative estimate of drug-likeness (QED) is 0.660. The largest absolute Gasteiger partial charge is 0.315 e. The summed E-state index contributed by atoms with van der Waals surface area (Å²) in [6.45, 7) is 4.54. The van der Waals surface area contributed by atoms with E-state index in [4.69, 9.17) is 0 Å². The minimum atomic E-state index is -0.336. The molecule has 1 aromatic rings. The van der Waals surface area contributed by atoms with Crippen LogP contribution < -0.4 is 10.6 Å². The average molecular weight is 314 g/mol. The highest BCUT2D eigenvalue weighted by molar-refractivity contribution is 9.10. The van der Waals surface area contributed by atoms with Crippen LogP contribution in [-0.2, 0) is 6.54 Å². The van der Waals surface area contributed by atoms with Crippen molar-refractivity contribution >= 4 is 21.6 Å². The van der Waals surface area contributed by atoms with Crippen LogP contribution in [0.1, 0.15) is 18.9 Å². The molecule has 0 aliphatic carbocycles. The molecular formula is C12H16BrN3O2. The number of benzene rings is 1. The number of hydrogen-bond acceptors (Lipinski definition) is 4. The molecule has 0 amide bonds. The topological polar surface area (TPSA) is 67.2 Å². The zero-order valence-corrected chi connectivity index (χ0v) is 11.8. The molecule has 98 valence electrons. The van der Waals surface area contributed by atoms with Crippen molar-refractivity contribution in [2.24, 2.45) is 0 Å². The number of nitrogens with one attached hydrogen (secondary N) is 2. The number of halogens is 1. The maximum Gasteiger partial charge on any atom is 0.275 e. The summed E-state index contributed by atoms with van der Waals surface area (Å²) >= 11 is 3.26. The maximum absolute atomic E-state index is 11.0. The fourth-order valence-corrected chi connectivity index (χ4v) is 2.48. The van der Waals surface area contributed by atoms with E-state index in [-0.39, 0.29) is 16.1 Å². The molecule has 0 bridgehead atoms. The molecule has 1 unspecified atom stereocenters. The summed E-state index contributed by atoms with van der Waals surface area (Å²) < 4.78 is 0.728. The summed E-state index contributed by atoms with van der Waals surface area (Å²) in [6, 6.07) is 5.17. The molecule has 2 N–H and O–H groups in total. The molecule has 1 aliphatic rings. The van der Waals surface area contributed by atoms with Gasteiger partial charge < -0.3 is 10.6 Å². The predicted octanol–water partition coefficient (Wildman–Crippen LogP) is 2.20. The number of nitro groups is 1. The third kappa shape index (κ3) is 3.07. The van der Waals surface area contributed by atoms with Gasteiger partial charge in [-0.1, -0.05) is 15.9 Å². The van der Waals surface area contributed by atoms with Gasteiger partial charge >= 0.3 is 0 Å². The Labute approximate surface area is 114 Å². The van der Waals surface area contributed by atoms with Gasteiger partial charge in [0, 0.05) is 34.7 Å². The van der Waals surface area contributed by atoms with Gasteiger partial charge in [-0.05, 0) is 32.0 Å². The summed E-state index contributed by atoms with van der Waals surface area (Å²) in [7, 11) is 0. The Hall–Kier alpha value is -0.980. The fraction of sp³-hybridized carbons (Fsp3) is 0.500. The molecule has 2 rings (SSSR count). The molecule has 5 nitrogen and oxygen atoms in total. The van der Waals surface area contributed by atoms with E-state index in [2.05, 4.69) is 33.5 Å². The van der Waals surface area contributed by atoms with E-state index in [9.17, 15) is 10.1 Å². The molecule has 18 heavy (non-hydrogen) atoms. The van der Waals surface area contributed by atoms with E-state index in [0.29, 0.717) is 6.54 Å². The van der Waals surface area contributed by atoms with Crippen LogP contribution in [0.3, 0.4) is 0 Å². The minimum absolute atomic E-state index is 0.0287. The summed E-state index contributed by atoms with van der Waals surface area (Å²) in [5, 5.41) is 17.7. The maximum atomic E-state index is 11.0. The first-order chi connectivity index (χ1) is 8.50. The minimum Gasteiger partial charge on any atom is -0.315 e. The van der Waals surface area contributed by atoms with E-state index in [1.54, 1.807) is 12.1 Å². The van der Waals surface area contributed by atoms with Gasteiger partial charge in [0.05, 0.1) is 4.92 Å². The van der Waals surface area contributed by atoms with Crippen LogP contribution >= 0.6 is 15.9 Å². The number of nitrogens with zero attached hydrogens (tertiary/aromatic N) is 1. The molecule has 1 aliphatic heterocycles. The lowest BCUT2D eigenvalue weighted by atomic mass is 10.0. The predicted molar refractivity (Wildman–Crippen MR) is 73.5 cm³/mol. The van der Waals surface area contributed by atoms with Gasteiger partial charge in [-0.3, -0.25) is 10.1 Å². The van der Waals surface area contributed by atoms with Crippen molar-refractivity contribution in [3.05, 3.63) is 38.3 Å². The van der Waals surface area contributed by atoms with Gasteiger partial charge in [0.25, 0.3) is 5.69 Å². The van der Waals surface area contributed by atoms with Crippen molar-refractivity contribution in [2.75, 3.05) is 13.1 Å². The Kier molecular flexibility index (Phi) is 3.99. The van der Waals surface area contributed by atoms with E-state index in [1.165, 1.54) is 0 Å². The van der Waals surface area contributed by atoms with Gasteiger partial charge in [-0.15, -0.1) is 0 Å². The Morgan fingerprint density at radius 3 is 3.00 bits per heavy atom. The molecule has 1 heterocycles. The third-order valence-electron chi connectivity index (χ3n) is 3.32. The van der Waals surface area contributed by atoms with Gasteiger partial charge in [0.2, 0.25) is 0 Å². The van der Waals surface area contributed by atoms with Crippen molar-refractivity contribution in [3.63, 3.8) is 0 Å². The molecular weight excluding hydrogens is 298 g/mol. The Morgan fingerprint density at radius 2 is 2.39 bits per heavy atom. The van der Waals surface area contributed by atoms with Crippen molar-refractivity contribution in [1.82, 2.24) is 10.6 Å². The van der Waals surface area contributed by atoms with E-state index in [0.717, 1.165) is 29.5 Å². The normalized spacial score (nSPS) is 23.2. The van der Waals surface area contributed by atoms with Crippen LogP contribution in [0, 0.1) is 10.1 Å². The van der Waals surface area contributed by atoms with Gasteiger partial charge in [-0.2, -0.15) is 0 Å². The van der Waals surface area contributed by atoms with Crippen LogP contribution in [-0.4, -0.2) is 23.6 Å². The van der Waals surface area contributed by atoms with E-state index in [1.807, 2.05) is 6.07 Å². The molecule has 0 radical (unpaired) electrons. The van der Waals surface area contributed by atoms with Crippen LogP contribution in [0.15, 0.2) is 22.7 Å². The Bertz CT molecular complexity index is 459. The second kappa shape index (κ2) is 5.34. The highest BCUT2D eigenvalue weighted by Gasteiger charge is 2.28. The molecule has 0 spiro atoms. The smallest absolute Gasteiger partial charge is 0.275 e. The molecule has 6 heteroatoms. The average Bonchev–Trinajstić information content (AvgIpc) is 2.75. The van der Waals surface area contributed by atoms with Crippen LogP contribution in [0.25, 0.3) is 0 Å². The fourth-order valence-electron chi connectivity index (χ4n) is 2.13. The second-order valence-electron chi connectivity index (χ2n) is 4.87. The summed E-state index contributed by atoms with van der Waals surface area (Å²) in [4.78, 5) is 10.7. The highest BCUT2D eigenvalue weighted by atomic mass is 79.9. The lowest BCUT2D eigenvalue weighted by Crippen LogP contribution is -2.43. The second-order valence-corrected chi connectivity index (χ2v) is 5.79. The van der Waals surface area contributed by atoms with Gasteiger partial charge in [0.15, 0.2) is 0 Å². The van der Waals surface area contributed by atoms with E-state index >= 15 is 0 Å². The number of rotatable bonds is 4. The standard InChI is InChI=1S/C12H16BrN3O2/c1-12(4-5-14-8-12)15-7-9-2-3-10(13)6-11(9)16(17)18/h2-3,6,14-15H,4-5,7-8H2,1H3. The van der Waals surface area contributed by atoms with Crippen molar-refractivity contribution in [2.45, 2.75) is 25.4 Å². The monoisotopic (exact) mass is 313 g/mol. The van der Waals surface area contributed by atoms with E-state index < -0.39 is 0 Å². The Balaban J connectivity index is 2.11. The number of hydrogen-bond donors (Lipinski definition) is 2. The lowest BCUT2D eigenvalue weighted by molar-refractivity contribution is -0.385. The third-order valence-corrected chi connectivity index (χ3v) is 3.81. The summed E-state index contributed by atoms with van der Waals surface area (Å²) in [5.74, 6) is 0. The SMILES string of the molecule is CC1(NCc2ccc(Br)cc2[N+](=O)[O-])CCNC1. The summed E-state index contributed by atoms with van der Waals surface area (Å²) in [6.07, 6.45) is 1.04. The zero-order valence-electron chi connectivity index (χ0n) is 10.2. The first kappa shape index (κ1) is 13.5. The van der Waals surface area contributed by atoms with Crippen molar-refractivity contribution in [3.8, 4) is 0 Å². The lowest BCUT2D eigenvalue weighted by Gasteiger charge is -2.24. The molecule has 0 aromatic heterocycles. The van der Waals surface area contributed by atoms with Crippen molar-refractivity contribution < 1.29 is 4.92 Å². The zero-order chi connectivity index (χ0) is 13.2. The first-order valence-electron chi connectivity index (χ1n) is 5.89. The van der Waals surface area contributed by atoms with Crippen LogP contribution in [0.4, 0.5) is 5.69 Å². The molecule has 0 saturated carbocycles. The molecule has 1 fully saturated rings. The Morgan fingerprint density at radius 1 is 1.61 bits per heavy atom. The highest BCUT2D eigenvalue weighted by Crippen LogP contribution is 2.24.